The summed E-state index contributed by atoms with van der Waals surface area (Å²) in [5.41, 5.74) is 9.73. The first-order chi connectivity index (χ1) is 22.4. The molecule has 5 aromatic carbocycles. The minimum Gasteiger partial charge on any atom is -0.456 e. The van der Waals surface area contributed by atoms with Crippen molar-refractivity contribution in [3.05, 3.63) is 157 Å². The fraction of sp³-hybridized carbons (Fsp3) is 0.116. The van der Waals surface area contributed by atoms with Crippen molar-refractivity contribution in [1.82, 2.24) is 9.97 Å². The third-order valence-corrected chi connectivity index (χ3v) is 8.00. The van der Waals surface area contributed by atoms with Crippen LogP contribution in [0.2, 0.25) is 0 Å². The smallest absolute Gasteiger partial charge is 0.136 e. The summed E-state index contributed by atoms with van der Waals surface area (Å²) in [6, 6.07) is 49.9. The molecule has 0 amide bonds. The van der Waals surface area contributed by atoms with Gasteiger partial charge in [0.1, 0.15) is 11.2 Å². The summed E-state index contributed by atoms with van der Waals surface area (Å²) >= 11 is 0. The third-order valence-electron chi connectivity index (χ3n) is 8.00. The minimum atomic E-state index is 0. The summed E-state index contributed by atoms with van der Waals surface area (Å²) in [4.78, 5) is 8.88. The van der Waals surface area contributed by atoms with Crippen LogP contribution in [0.4, 0.5) is 0 Å². The van der Waals surface area contributed by atoms with Crippen LogP contribution in [-0.4, -0.2) is 9.97 Å². The normalized spacial score (nSPS) is 11.2. The van der Waals surface area contributed by atoms with Gasteiger partial charge in [-0.3, -0.25) is 0 Å². The molecule has 0 N–H and O–H groups in total. The quantitative estimate of drug-likeness (QED) is 0.167. The Bertz CT molecular complexity index is 2230. The topological polar surface area (TPSA) is 38.9 Å². The minimum absolute atomic E-state index is 0. The maximum atomic E-state index is 6.12. The number of para-hydroxylation sites is 1. The Morgan fingerprint density at radius 1 is 0.596 bits per heavy atom. The van der Waals surface area contributed by atoms with Crippen molar-refractivity contribution in [2.75, 3.05) is 0 Å². The second-order valence-corrected chi connectivity index (χ2v) is 12.7. The van der Waals surface area contributed by atoms with Gasteiger partial charge in [-0.2, -0.15) is 0 Å². The molecule has 0 bridgehead atoms. The van der Waals surface area contributed by atoms with E-state index in [-0.39, 0.29) is 25.5 Å². The summed E-state index contributed by atoms with van der Waals surface area (Å²) < 4.78 is 6.12. The van der Waals surface area contributed by atoms with Crippen molar-refractivity contribution in [2.45, 2.75) is 27.2 Å². The number of nitrogens with zero attached hydrogens (tertiary/aromatic N) is 2. The van der Waals surface area contributed by atoms with Crippen LogP contribution in [-0.2, 0) is 26.5 Å². The van der Waals surface area contributed by atoms with Gasteiger partial charge in [0.2, 0.25) is 0 Å². The van der Waals surface area contributed by atoms with Gasteiger partial charge in [0.25, 0.3) is 0 Å². The van der Waals surface area contributed by atoms with Gasteiger partial charge in [-0.15, -0.1) is 71.3 Å². The molecule has 3 nitrogen and oxygen atoms in total. The number of fused-ring (bicyclic) bond motifs is 5. The fourth-order valence-corrected chi connectivity index (χ4v) is 6.03. The van der Waals surface area contributed by atoms with Crippen LogP contribution in [0.25, 0.3) is 66.4 Å². The van der Waals surface area contributed by atoms with E-state index >= 15 is 0 Å². The van der Waals surface area contributed by atoms with Crippen molar-refractivity contribution >= 4 is 32.7 Å². The molecule has 0 aliphatic carbocycles. The van der Waals surface area contributed by atoms with Gasteiger partial charge < -0.3 is 14.4 Å². The van der Waals surface area contributed by atoms with E-state index in [0.717, 1.165) is 51.1 Å². The first-order valence-electron chi connectivity index (χ1n) is 15.6. The van der Waals surface area contributed by atoms with Crippen LogP contribution < -0.4 is 0 Å². The second-order valence-electron chi connectivity index (χ2n) is 12.7. The molecule has 47 heavy (non-hydrogen) atoms. The molecule has 0 saturated carbocycles. The number of hydrogen-bond donors (Lipinski definition) is 0. The Morgan fingerprint density at radius 3 is 2.19 bits per heavy atom. The molecular weight excluding hydrogens is 753 g/mol. The van der Waals surface area contributed by atoms with Gasteiger partial charge in [0.05, 0.1) is 0 Å². The molecule has 0 saturated heterocycles. The third kappa shape index (κ3) is 7.10. The maximum Gasteiger partial charge on any atom is 0.136 e. The molecule has 3 heterocycles. The molecule has 0 fully saturated rings. The van der Waals surface area contributed by atoms with Crippen molar-refractivity contribution < 1.29 is 24.5 Å². The van der Waals surface area contributed by atoms with E-state index < -0.39 is 0 Å². The van der Waals surface area contributed by atoms with Gasteiger partial charge in [-0.05, 0) is 63.8 Å². The van der Waals surface area contributed by atoms with E-state index in [1.807, 2.05) is 66.9 Å². The Balaban J connectivity index is 0.000000250. The molecule has 8 rings (SSSR count). The number of aromatic nitrogens is 2. The first-order valence-corrected chi connectivity index (χ1v) is 15.6. The van der Waals surface area contributed by atoms with Crippen LogP contribution in [0.3, 0.4) is 0 Å². The molecule has 1 radical (unpaired) electrons. The van der Waals surface area contributed by atoms with Crippen molar-refractivity contribution in [1.29, 1.82) is 0 Å². The predicted molar refractivity (Wildman–Crippen MR) is 190 cm³/mol. The van der Waals surface area contributed by atoms with E-state index in [4.69, 9.17) is 4.42 Å². The van der Waals surface area contributed by atoms with Gasteiger partial charge >= 0.3 is 0 Å². The first kappa shape index (κ1) is 32.1. The zero-order valence-electron chi connectivity index (χ0n) is 26.6. The number of benzene rings is 5. The van der Waals surface area contributed by atoms with E-state index in [0.29, 0.717) is 0 Å². The average Bonchev–Trinajstić information content (AvgIpc) is 3.48. The zero-order valence-corrected chi connectivity index (χ0v) is 29.0. The molecule has 0 spiro atoms. The number of rotatable bonds is 4. The largest absolute Gasteiger partial charge is 0.456 e. The monoisotopic (exact) mass is 787 g/mol. The van der Waals surface area contributed by atoms with Gasteiger partial charge in [0.15, 0.2) is 0 Å². The SMILES string of the molecule is CC(C)(C)Cc1ccnc(-c2[c-]ccc(-c3cccc4c3ccc3oc5ccccc5c34)c2)c1.[Ir].[c-]1ccccc1-c1ccccn1. The average molecular weight is 787 g/mol. The Labute approximate surface area is 289 Å². The summed E-state index contributed by atoms with van der Waals surface area (Å²) in [7, 11) is 0. The van der Waals surface area contributed by atoms with Crippen molar-refractivity contribution in [3.8, 4) is 33.6 Å². The predicted octanol–water partition coefficient (Wildman–Crippen LogP) is 11.4. The van der Waals surface area contributed by atoms with E-state index in [1.54, 1.807) is 6.20 Å². The summed E-state index contributed by atoms with van der Waals surface area (Å²) in [5.74, 6) is 0. The summed E-state index contributed by atoms with van der Waals surface area (Å²) in [5, 5.41) is 4.75. The molecule has 0 aliphatic heterocycles. The molecule has 8 aromatic rings. The van der Waals surface area contributed by atoms with Crippen molar-refractivity contribution in [2.24, 2.45) is 5.41 Å². The van der Waals surface area contributed by atoms with Crippen LogP contribution in [0.15, 0.2) is 144 Å². The Kier molecular flexibility index (Phi) is 9.45. The molecule has 0 aliphatic rings. The molecule has 3 aromatic heterocycles. The van der Waals surface area contributed by atoms with Crippen LogP contribution in [0.1, 0.15) is 26.3 Å². The van der Waals surface area contributed by atoms with Gasteiger partial charge in [0, 0.05) is 43.3 Å². The van der Waals surface area contributed by atoms with Crippen LogP contribution in [0.5, 0.6) is 0 Å². The zero-order chi connectivity index (χ0) is 31.5. The second kappa shape index (κ2) is 13.8. The van der Waals surface area contributed by atoms with E-state index in [2.05, 4.69) is 110 Å². The molecular formula is C43H34IrN2O-2. The van der Waals surface area contributed by atoms with E-state index in [9.17, 15) is 0 Å². The van der Waals surface area contributed by atoms with Crippen LogP contribution in [0, 0.1) is 17.5 Å². The van der Waals surface area contributed by atoms with Crippen molar-refractivity contribution in [3.63, 3.8) is 0 Å². The van der Waals surface area contributed by atoms with Gasteiger partial charge in [-0.25, -0.2) is 0 Å². The molecule has 4 heteroatoms. The number of furan rings is 1. The van der Waals surface area contributed by atoms with E-state index in [1.165, 1.54) is 27.3 Å². The maximum absolute atomic E-state index is 6.12. The summed E-state index contributed by atoms with van der Waals surface area (Å²) in [6.45, 7) is 6.79. The standard InChI is InChI=1S/C32H26NO.C11H8N.Ir/c1-32(2,3)20-21-16-17-33-28(18-21)23-9-6-8-22(19-23)24-11-7-12-26-25(24)14-15-30-31(26)27-10-4-5-13-29(27)34-30;1-2-6-10(7-3-1)11-8-4-5-9-12-11;/h4-8,10-19H,20H2,1-3H3;1-6,8-9H;/q2*-1;. The number of hydrogen-bond acceptors (Lipinski definition) is 3. The molecule has 0 atom stereocenters. The van der Waals surface area contributed by atoms with Gasteiger partial charge in [-0.1, -0.05) is 87.0 Å². The Morgan fingerprint density at radius 2 is 1.38 bits per heavy atom. The Hall–Kier alpha value is -4.89. The fourth-order valence-electron chi connectivity index (χ4n) is 6.03. The molecule has 233 valence electrons. The number of pyridine rings is 2. The summed E-state index contributed by atoms with van der Waals surface area (Å²) in [6.07, 6.45) is 4.71. The molecule has 0 unspecified atom stereocenters. The van der Waals surface area contributed by atoms with Crippen LogP contribution >= 0.6 is 0 Å².